The summed E-state index contributed by atoms with van der Waals surface area (Å²) >= 11 is 8.07. The van der Waals surface area contributed by atoms with Gasteiger partial charge in [-0.1, -0.05) is 24.5 Å². The van der Waals surface area contributed by atoms with Gasteiger partial charge in [-0.3, -0.25) is 27.2 Å². The van der Waals surface area contributed by atoms with Gasteiger partial charge in [0.1, 0.15) is 54.2 Å². The maximum Gasteiger partial charge on any atom is 0.386 e. The highest BCUT2D eigenvalue weighted by Crippen LogP contribution is 2.60. The van der Waals surface area contributed by atoms with E-state index in [1.807, 2.05) is 0 Å². The Hall–Kier alpha value is -2.49. The predicted octanol–water partition coefficient (Wildman–Crippen LogP) is 1.22. The summed E-state index contributed by atoms with van der Waals surface area (Å²) in [6.45, 7) is -9.97. The summed E-state index contributed by atoms with van der Waals surface area (Å²) in [6.07, 6.45) is -6.87. The SMILES string of the molecule is Nc1ncnc2c1ncn2[C@@H]1O[C@@H]2CO[P@@](=O)(S)O[C@@H]3[C@H](F)[C@@H](CO[P@@](=O)(S)O[C@H]2[C@H]1O)O[C@H]3n1cnc2c(N)ncnc21. The van der Waals surface area contributed by atoms with Crippen molar-refractivity contribution < 1.29 is 46.2 Å². The molecule has 0 saturated carbocycles. The topological polar surface area (TPSA) is 249 Å². The number of hydrogen-bond acceptors (Lipinski definition) is 17. The lowest BCUT2D eigenvalue weighted by atomic mass is 10.1. The number of hydrogen-bond donors (Lipinski definition) is 5. The van der Waals surface area contributed by atoms with Crippen LogP contribution in [0.1, 0.15) is 12.5 Å². The van der Waals surface area contributed by atoms with Gasteiger partial charge < -0.3 is 26.0 Å². The average Bonchev–Trinajstić information content (AvgIpc) is 3.73. The highest BCUT2D eigenvalue weighted by atomic mass is 32.7. The molecular weight excluding hydrogens is 669 g/mol. The summed E-state index contributed by atoms with van der Waals surface area (Å²) in [4.78, 5) is 24.3. The number of thiol groups is 2. The molecule has 0 aliphatic carbocycles. The molecule has 19 nitrogen and oxygen atoms in total. The largest absolute Gasteiger partial charge is 0.386 e. The molecule has 0 amide bonds. The fourth-order valence-corrected chi connectivity index (χ4v) is 8.14. The minimum atomic E-state index is -4.39. The molecule has 236 valence electrons. The molecule has 7 rings (SSSR count). The second-order valence-corrected chi connectivity index (χ2v) is 15.7. The van der Waals surface area contributed by atoms with Crippen LogP contribution in [-0.2, 0) is 36.7 Å². The number of imidazole rings is 2. The maximum atomic E-state index is 15.8. The van der Waals surface area contributed by atoms with E-state index in [4.69, 9.17) is 39.0 Å². The highest BCUT2D eigenvalue weighted by Gasteiger charge is 2.54. The normalized spacial score (nSPS) is 38.3. The smallest absolute Gasteiger partial charge is 0.386 e. The van der Waals surface area contributed by atoms with E-state index in [0.29, 0.717) is 0 Å². The van der Waals surface area contributed by atoms with E-state index in [1.165, 1.54) is 34.4 Å². The number of fused-ring (bicyclic) bond motifs is 5. The van der Waals surface area contributed by atoms with Gasteiger partial charge >= 0.3 is 13.6 Å². The van der Waals surface area contributed by atoms with Crippen LogP contribution in [-0.4, -0.2) is 94.0 Å². The van der Waals surface area contributed by atoms with Crippen LogP contribution in [0.4, 0.5) is 16.0 Å². The van der Waals surface area contributed by atoms with Crippen LogP contribution in [0.5, 0.6) is 0 Å². The summed E-state index contributed by atoms with van der Waals surface area (Å²) in [7, 11) is 0. The molecule has 4 aromatic heterocycles. The van der Waals surface area contributed by atoms with Crippen molar-refractivity contribution in [2.24, 2.45) is 0 Å². The number of nitrogen functional groups attached to an aromatic ring is 2. The standard InChI is InChI=1S/C20H23FN10O9P2S2/c21-9-7-1-35-41(33,43)39-13-8(38-19(12(13)32)30-5-28-10-15(22)24-3-26-17(10)30)2-36-42(34,44)40-14(9)20(37-7)31-6-29-11-16(23)25-4-27-18(11)31/h3-9,12-14,19-20,32H,1-2H2,(H,33,43)(H,34,44)(H2,22,24,26)(H2,23,25,27)/t7-,8-,9-,12-,13-,14-,19-,20-,41-,42-/m1/s1. The molecule has 44 heavy (non-hydrogen) atoms. The predicted molar refractivity (Wildman–Crippen MR) is 153 cm³/mol. The molecule has 3 fully saturated rings. The zero-order valence-electron chi connectivity index (χ0n) is 22.0. The van der Waals surface area contributed by atoms with E-state index in [9.17, 15) is 14.2 Å². The van der Waals surface area contributed by atoms with E-state index < -0.39 is 76.0 Å². The molecular formula is C20H23FN10O9P2S2. The average molecular weight is 693 g/mol. The number of rotatable bonds is 2. The van der Waals surface area contributed by atoms with E-state index in [-0.39, 0.29) is 34.0 Å². The van der Waals surface area contributed by atoms with Gasteiger partial charge in [-0.2, -0.15) is 0 Å². The first-order valence-electron chi connectivity index (χ1n) is 12.7. The summed E-state index contributed by atoms with van der Waals surface area (Å²) in [5.41, 5.74) is 12.6. The van der Waals surface area contributed by atoms with Gasteiger partial charge in [0.15, 0.2) is 41.6 Å². The molecule has 5 N–H and O–H groups in total. The van der Waals surface area contributed by atoms with Crippen molar-refractivity contribution in [1.29, 1.82) is 0 Å². The third-order valence-electron chi connectivity index (χ3n) is 7.21. The van der Waals surface area contributed by atoms with Crippen LogP contribution in [0.3, 0.4) is 0 Å². The quantitative estimate of drug-likeness (QED) is 0.146. The van der Waals surface area contributed by atoms with E-state index in [1.54, 1.807) is 0 Å². The number of alkyl halides is 1. The zero-order valence-corrected chi connectivity index (χ0v) is 25.5. The molecule has 2 bridgehead atoms. The Morgan fingerprint density at radius 1 is 0.795 bits per heavy atom. The van der Waals surface area contributed by atoms with E-state index in [0.717, 1.165) is 0 Å². The third-order valence-corrected chi connectivity index (χ3v) is 10.4. The lowest BCUT2D eigenvalue weighted by molar-refractivity contribution is -0.0572. The third kappa shape index (κ3) is 5.26. The Labute approximate surface area is 256 Å². The number of ether oxygens (including phenoxy) is 2. The first-order valence-corrected chi connectivity index (χ1v) is 18.1. The number of nitrogens with zero attached hydrogens (tertiary/aromatic N) is 8. The summed E-state index contributed by atoms with van der Waals surface area (Å²) in [5, 5.41) is 11.2. The lowest BCUT2D eigenvalue weighted by Crippen LogP contribution is -2.35. The molecule has 4 aromatic rings. The number of aromatic nitrogens is 8. The Kier molecular flexibility index (Phi) is 7.61. The van der Waals surface area contributed by atoms with Crippen molar-refractivity contribution in [3.63, 3.8) is 0 Å². The molecule has 10 atom stereocenters. The minimum Gasteiger partial charge on any atom is -0.386 e. The molecule has 3 saturated heterocycles. The first-order chi connectivity index (χ1) is 20.9. The number of nitrogens with two attached hydrogens (primary N) is 2. The monoisotopic (exact) mass is 692 g/mol. The number of anilines is 2. The van der Waals surface area contributed by atoms with Crippen LogP contribution >= 0.6 is 38.1 Å². The Morgan fingerprint density at radius 2 is 1.30 bits per heavy atom. The molecule has 3 aliphatic heterocycles. The van der Waals surface area contributed by atoms with Crippen molar-refractivity contribution in [3.05, 3.63) is 25.3 Å². The van der Waals surface area contributed by atoms with Crippen molar-refractivity contribution in [3.8, 4) is 0 Å². The Morgan fingerprint density at radius 3 is 1.89 bits per heavy atom. The van der Waals surface area contributed by atoms with Gasteiger partial charge in [-0.25, -0.2) is 43.4 Å². The molecule has 0 aromatic carbocycles. The van der Waals surface area contributed by atoms with Crippen LogP contribution < -0.4 is 11.5 Å². The van der Waals surface area contributed by atoms with Gasteiger partial charge in [-0.15, -0.1) is 0 Å². The van der Waals surface area contributed by atoms with Crippen molar-refractivity contribution in [1.82, 2.24) is 39.0 Å². The van der Waals surface area contributed by atoms with Crippen LogP contribution in [0, 0.1) is 0 Å². The van der Waals surface area contributed by atoms with Crippen LogP contribution in [0.25, 0.3) is 22.3 Å². The fraction of sp³-hybridized carbons (Fsp3) is 0.500. The molecule has 0 spiro atoms. The molecule has 24 heteroatoms. The van der Waals surface area contributed by atoms with Gasteiger partial charge in [0, 0.05) is 0 Å². The first kappa shape index (κ1) is 30.2. The van der Waals surface area contributed by atoms with Crippen molar-refractivity contribution >= 4 is 72.1 Å². The van der Waals surface area contributed by atoms with E-state index >= 15 is 4.39 Å². The van der Waals surface area contributed by atoms with Crippen LogP contribution in [0.2, 0.25) is 0 Å². The van der Waals surface area contributed by atoms with Gasteiger partial charge in [0.05, 0.1) is 25.9 Å². The lowest BCUT2D eigenvalue weighted by Gasteiger charge is -2.26. The number of aliphatic hydroxyl groups is 1. The van der Waals surface area contributed by atoms with Gasteiger partial charge in [0.25, 0.3) is 0 Å². The molecule has 3 aliphatic rings. The van der Waals surface area contributed by atoms with Crippen molar-refractivity contribution in [2.75, 3.05) is 24.7 Å². The minimum absolute atomic E-state index is 0.0608. The highest BCUT2D eigenvalue weighted by molar-refractivity contribution is 8.44. The number of halogens is 1. The Balaban J connectivity index is 1.20. The molecule has 0 radical (unpaired) electrons. The maximum absolute atomic E-state index is 15.8. The molecule has 0 unspecified atom stereocenters. The zero-order chi connectivity index (χ0) is 31.0. The summed E-state index contributed by atoms with van der Waals surface area (Å²) in [6, 6.07) is 0. The fourth-order valence-electron chi connectivity index (χ4n) is 5.20. The van der Waals surface area contributed by atoms with E-state index in [2.05, 4.69) is 54.4 Å². The van der Waals surface area contributed by atoms with Crippen LogP contribution in [0.15, 0.2) is 25.3 Å². The second kappa shape index (κ2) is 11.1. The van der Waals surface area contributed by atoms with Gasteiger partial charge in [0.2, 0.25) is 0 Å². The second-order valence-electron chi connectivity index (χ2n) is 9.90. The van der Waals surface area contributed by atoms with Gasteiger partial charge in [-0.05, 0) is 0 Å². The summed E-state index contributed by atoms with van der Waals surface area (Å²) in [5.74, 6) is 0.149. The Bertz CT molecular complexity index is 1840. The summed E-state index contributed by atoms with van der Waals surface area (Å²) < 4.78 is 79.2. The number of aliphatic hydroxyl groups excluding tert-OH is 1. The molecule has 7 heterocycles. The van der Waals surface area contributed by atoms with Crippen molar-refractivity contribution in [2.45, 2.75) is 49.1 Å².